The average molecular weight is 366 g/mol. The van der Waals surface area contributed by atoms with Gasteiger partial charge in [-0.1, -0.05) is 0 Å². The molecule has 0 spiro atoms. The van der Waals surface area contributed by atoms with Crippen molar-refractivity contribution < 1.29 is 9.59 Å². The summed E-state index contributed by atoms with van der Waals surface area (Å²) in [5.41, 5.74) is 3.15. The first-order valence-corrected chi connectivity index (χ1v) is 8.53. The van der Waals surface area contributed by atoms with Crippen molar-refractivity contribution >= 4 is 11.8 Å². The summed E-state index contributed by atoms with van der Waals surface area (Å²) in [6, 6.07) is 9.09. The van der Waals surface area contributed by atoms with Crippen molar-refractivity contribution in [2.75, 3.05) is 6.54 Å². The van der Waals surface area contributed by atoms with E-state index in [0.29, 0.717) is 31.7 Å². The van der Waals surface area contributed by atoms with Gasteiger partial charge < -0.3 is 10.2 Å². The number of rotatable bonds is 4. The summed E-state index contributed by atoms with van der Waals surface area (Å²) in [6.07, 6.45) is 1.50. The lowest BCUT2D eigenvalue weighted by atomic mass is 10.1. The highest BCUT2D eigenvalue weighted by Gasteiger charge is 2.23. The zero-order chi connectivity index (χ0) is 18.8. The van der Waals surface area contributed by atoms with Crippen molar-refractivity contribution in [1.29, 1.82) is 0 Å². The fourth-order valence-electron chi connectivity index (χ4n) is 3.02. The molecular formula is C17H18N8O2. The van der Waals surface area contributed by atoms with Crippen LogP contribution in [0.25, 0.3) is 5.69 Å². The monoisotopic (exact) mass is 366 g/mol. The van der Waals surface area contributed by atoms with Gasteiger partial charge in [0, 0.05) is 19.0 Å². The van der Waals surface area contributed by atoms with Crippen molar-refractivity contribution in [3.8, 4) is 5.69 Å². The van der Waals surface area contributed by atoms with E-state index in [-0.39, 0.29) is 11.8 Å². The second kappa shape index (κ2) is 6.98. The maximum Gasteiger partial charge on any atom is 0.254 e. The van der Waals surface area contributed by atoms with Gasteiger partial charge in [-0.15, -0.1) is 5.10 Å². The molecule has 0 bridgehead atoms. The van der Waals surface area contributed by atoms with Gasteiger partial charge in [-0.3, -0.25) is 14.3 Å². The van der Waals surface area contributed by atoms with Gasteiger partial charge in [-0.25, -0.2) is 4.68 Å². The van der Waals surface area contributed by atoms with Crippen LogP contribution in [-0.4, -0.2) is 53.2 Å². The summed E-state index contributed by atoms with van der Waals surface area (Å²) >= 11 is 0. The third-order valence-corrected chi connectivity index (χ3v) is 4.38. The SMILES string of the molecule is CC(=O)NCc1cc2n(n1)CCN(C(=O)c1ccc(-n3cnnn3)cc1)C2. The molecule has 138 valence electrons. The number of aromatic nitrogens is 6. The number of carbonyl (C=O) groups is 2. The summed E-state index contributed by atoms with van der Waals surface area (Å²) < 4.78 is 3.42. The standard InChI is InChI=1S/C17H18N8O2/c1-12(26)18-9-14-8-16-10-23(6-7-24(16)20-14)17(27)13-2-4-15(5-3-13)25-11-19-21-22-25/h2-5,8,11H,6-7,9-10H2,1H3,(H,18,26). The fourth-order valence-corrected chi connectivity index (χ4v) is 3.02. The molecule has 3 heterocycles. The molecule has 3 aromatic rings. The van der Waals surface area contributed by atoms with Crippen molar-refractivity contribution in [2.45, 2.75) is 26.6 Å². The normalized spacial score (nSPS) is 13.3. The van der Waals surface area contributed by atoms with E-state index < -0.39 is 0 Å². The van der Waals surface area contributed by atoms with E-state index in [4.69, 9.17) is 0 Å². The molecule has 1 aliphatic rings. The van der Waals surface area contributed by atoms with E-state index in [1.54, 1.807) is 17.0 Å². The molecule has 0 fully saturated rings. The molecule has 10 nitrogen and oxygen atoms in total. The van der Waals surface area contributed by atoms with Crippen LogP contribution in [0.2, 0.25) is 0 Å². The molecule has 0 saturated carbocycles. The van der Waals surface area contributed by atoms with Crippen molar-refractivity contribution in [3.63, 3.8) is 0 Å². The largest absolute Gasteiger partial charge is 0.351 e. The zero-order valence-electron chi connectivity index (χ0n) is 14.7. The van der Waals surface area contributed by atoms with E-state index in [2.05, 4.69) is 25.9 Å². The Morgan fingerprint density at radius 1 is 1.19 bits per heavy atom. The summed E-state index contributed by atoms with van der Waals surface area (Å²) in [5.74, 6) is -0.128. The van der Waals surface area contributed by atoms with Crippen LogP contribution in [0.1, 0.15) is 28.7 Å². The highest BCUT2D eigenvalue weighted by atomic mass is 16.2. The fraction of sp³-hybridized carbons (Fsp3) is 0.294. The number of fused-ring (bicyclic) bond motifs is 1. The van der Waals surface area contributed by atoms with Gasteiger partial charge >= 0.3 is 0 Å². The number of carbonyl (C=O) groups excluding carboxylic acids is 2. The number of benzene rings is 1. The number of amides is 2. The summed E-state index contributed by atoms with van der Waals surface area (Å²) in [5, 5.41) is 18.2. The Hall–Kier alpha value is -3.56. The first-order chi connectivity index (χ1) is 13.1. The number of tetrazole rings is 1. The number of nitrogens with one attached hydrogen (secondary N) is 1. The molecule has 0 radical (unpaired) electrons. The minimum Gasteiger partial charge on any atom is -0.351 e. The molecule has 0 saturated heterocycles. The predicted octanol–water partition coefficient (Wildman–Crippen LogP) is 0.151. The molecule has 10 heteroatoms. The Morgan fingerprint density at radius 2 is 2.00 bits per heavy atom. The van der Waals surface area contributed by atoms with E-state index in [9.17, 15) is 9.59 Å². The van der Waals surface area contributed by atoms with Gasteiger partial charge in [-0.2, -0.15) is 5.10 Å². The van der Waals surface area contributed by atoms with Gasteiger partial charge in [0.15, 0.2) is 0 Å². The van der Waals surface area contributed by atoms with Crippen LogP contribution < -0.4 is 5.32 Å². The molecule has 1 N–H and O–H groups in total. The van der Waals surface area contributed by atoms with Crippen LogP contribution in [-0.2, 0) is 24.4 Å². The average Bonchev–Trinajstić information content (AvgIpc) is 3.35. The number of nitrogens with zero attached hydrogens (tertiary/aromatic N) is 7. The van der Waals surface area contributed by atoms with Gasteiger partial charge in [0.05, 0.1) is 36.7 Å². The highest BCUT2D eigenvalue weighted by Crippen LogP contribution is 2.17. The van der Waals surface area contributed by atoms with E-state index in [0.717, 1.165) is 17.1 Å². The third-order valence-electron chi connectivity index (χ3n) is 4.38. The molecule has 4 rings (SSSR count). The molecule has 0 atom stereocenters. The van der Waals surface area contributed by atoms with E-state index in [1.165, 1.54) is 17.9 Å². The third kappa shape index (κ3) is 3.54. The molecule has 1 aliphatic heterocycles. The lowest BCUT2D eigenvalue weighted by Crippen LogP contribution is -2.38. The lowest BCUT2D eigenvalue weighted by Gasteiger charge is -2.27. The predicted molar refractivity (Wildman–Crippen MR) is 93.6 cm³/mol. The van der Waals surface area contributed by atoms with E-state index in [1.807, 2.05) is 22.9 Å². The topological polar surface area (TPSA) is 111 Å². The molecule has 2 amide bonds. The van der Waals surface area contributed by atoms with Crippen LogP contribution >= 0.6 is 0 Å². The second-order valence-corrected chi connectivity index (χ2v) is 6.29. The minimum atomic E-state index is -0.0945. The maximum atomic E-state index is 12.8. The quantitative estimate of drug-likeness (QED) is 0.704. The second-order valence-electron chi connectivity index (χ2n) is 6.29. The smallest absolute Gasteiger partial charge is 0.254 e. The molecular weight excluding hydrogens is 348 g/mol. The molecule has 0 aliphatic carbocycles. The molecule has 1 aromatic carbocycles. The molecule has 0 unspecified atom stereocenters. The van der Waals surface area contributed by atoms with Crippen molar-refractivity contribution in [1.82, 2.24) is 40.2 Å². The lowest BCUT2D eigenvalue weighted by molar-refractivity contribution is -0.119. The number of hydrogen-bond donors (Lipinski definition) is 1. The van der Waals surface area contributed by atoms with Gasteiger partial charge in [0.25, 0.3) is 5.91 Å². The first kappa shape index (κ1) is 16.9. The van der Waals surface area contributed by atoms with Crippen molar-refractivity contribution in [3.05, 3.63) is 53.6 Å². The maximum absolute atomic E-state index is 12.8. The minimum absolute atomic E-state index is 0.0332. The summed E-state index contributed by atoms with van der Waals surface area (Å²) in [4.78, 5) is 25.7. The van der Waals surface area contributed by atoms with Gasteiger partial charge in [-0.05, 0) is 40.8 Å². The van der Waals surface area contributed by atoms with Crippen LogP contribution in [0.5, 0.6) is 0 Å². The van der Waals surface area contributed by atoms with Gasteiger partial charge in [0.1, 0.15) is 6.33 Å². The molecule has 27 heavy (non-hydrogen) atoms. The van der Waals surface area contributed by atoms with Gasteiger partial charge in [0.2, 0.25) is 5.91 Å². The Bertz CT molecular complexity index is 961. The number of hydrogen-bond acceptors (Lipinski definition) is 6. The summed E-state index contributed by atoms with van der Waals surface area (Å²) in [6.45, 7) is 3.56. The Balaban J connectivity index is 1.45. The van der Waals surface area contributed by atoms with Crippen LogP contribution in [0.3, 0.4) is 0 Å². The van der Waals surface area contributed by atoms with E-state index >= 15 is 0 Å². The zero-order valence-corrected chi connectivity index (χ0v) is 14.7. The summed E-state index contributed by atoms with van der Waals surface area (Å²) in [7, 11) is 0. The highest BCUT2D eigenvalue weighted by molar-refractivity contribution is 5.94. The van der Waals surface area contributed by atoms with Crippen LogP contribution in [0.15, 0.2) is 36.7 Å². The Morgan fingerprint density at radius 3 is 2.70 bits per heavy atom. The Labute approximate surface area is 154 Å². The van der Waals surface area contributed by atoms with Crippen molar-refractivity contribution in [2.24, 2.45) is 0 Å². The van der Waals surface area contributed by atoms with Crippen LogP contribution in [0, 0.1) is 0 Å². The first-order valence-electron chi connectivity index (χ1n) is 8.53. The molecule has 2 aromatic heterocycles. The van der Waals surface area contributed by atoms with Crippen LogP contribution in [0.4, 0.5) is 0 Å². The Kier molecular flexibility index (Phi) is 4.37.